The van der Waals surface area contributed by atoms with E-state index >= 15 is 0 Å². The molecule has 0 aliphatic heterocycles. The smallest absolute Gasteiger partial charge is 0.285 e. The molecule has 0 spiro atoms. The molecule has 2 aromatic heterocycles. The highest BCUT2D eigenvalue weighted by atomic mass is 79.9. The first-order valence-electron chi connectivity index (χ1n) is 3.26. The van der Waals surface area contributed by atoms with E-state index in [-0.39, 0.29) is 0 Å². The largest absolute Gasteiger partial charge is 0.409 e. The van der Waals surface area contributed by atoms with Gasteiger partial charge in [0, 0.05) is 22.1 Å². The Morgan fingerprint density at radius 3 is 2.75 bits per heavy atom. The van der Waals surface area contributed by atoms with Crippen molar-refractivity contribution >= 4 is 15.9 Å². The highest BCUT2D eigenvalue weighted by molar-refractivity contribution is 9.10. The Labute approximate surface area is 76.8 Å². The number of hydrogen-bond acceptors (Lipinski definition) is 4. The lowest BCUT2D eigenvalue weighted by atomic mass is 10.3. The van der Waals surface area contributed by atoms with Gasteiger partial charge in [0.15, 0.2) is 0 Å². The van der Waals surface area contributed by atoms with Gasteiger partial charge in [-0.2, -0.15) is 0 Å². The van der Waals surface area contributed by atoms with Gasteiger partial charge in [-0.1, -0.05) is 6.07 Å². The van der Waals surface area contributed by atoms with Crippen LogP contribution in [0.5, 0.6) is 0 Å². The van der Waals surface area contributed by atoms with E-state index in [0.717, 1.165) is 0 Å². The van der Waals surface area contributed by atoms with E-state index in [1.54, 1.807) is 12.3 Å². The number of nitrogens with zero attached hydrogens (tertiary/aromatic N) is 3. The molecule has 0 atom stereocenters. The highest BCUT2D eigenvalue weighted by Gasteiger charge is 2.05. The van der Waals surface area contributed by atoms with Gasteiger partial charge in [0.2, 0.25) is 0 Å². The van der Waals surface area contributed by atoms with Crippen molar-refractivity contribution in [1.29, 1.82) is 0 Å². The normalized spacial score (nSPS) is 10.1. The summed E-state index contributed by atoms with van der Waals surface area (Å²) in [4.78, 5) is 4.41. The molecule has 0 amide bonds. The molecule has 0 saturated heterocycles. The van der Waals surface area contributed by atoms with E-state index in [0.29, 0.717) is 16.4 Å². The highest BCUT2D eigenvalue weighted by Crippen LogP contribution is 2.16. The number of rotatable bonds is 1. The van der Waals surface area contributed by atoms with Gasteiger partial charge in [0.05, 0.1) is 0 Å². The van der Waals surface area contributed by atoms with Crippen LogP contribution >= 0.6 is 15.9 Å². The molecular formula is C7H4BrN3O. The summed E-state index contributed by atoms with van der Waals surface area (Å²) in [6, 6.07) is 5.50. The lowest BCUT2D eigenvalue weighted by Gasteiger charge is -1.89. The lowest BCUT2D eigenvalue weighted by molar-refractivity contribution is 0.538. The fourth-order valence-corrected chi connectivity index (χ4v) is 1.03. The van der Waals surface area contributed by atoms with Crippen LogP contribution in [0, 0.1) is 0 Å². The third kappa shape index (κ3) is 1.35. The summed E-state index contributed by atoms with van der Waals surface area (Å²) in [5.41, 5.74) is 0.677. The maximum Gasteiger partial charge on any atom is 0.285 e. The fraction of sp³-hybridized carbons (Fsp3) is 0. The summed E-state index contributed by atoms with van der Waals surface area (Å²) in [6.45, 7) is 0. The molecule has 2 aromatic rings. The van der Waals surface area contributed by atoms with Crippen LogP contribution in [0.25, 0.3) is 11.6 Å². The molecule has 2 heterocycles. The summed E-state index contributed by atoms with van der Waals surface area (Å²) in [6.07, 6.45) is 1.67. The molecule has 12 heavy (non-hydrogen) atoms. The second kappa shape index (κ2) is 3.02. The molecule has 0 saturated carbocycles. The molecule has 0 aromatic carbocycles. The molecule has 0 unspecified atom stereocenters. The number of pyridine rings is 1. The van der Waals surface area contributed by atoms with Gasteiger partial charge in [-0.15, -0.1) is 10.2 Å². The minimum atomic E-state index is 0.364. The Morgan fingerprint density at radius 2 is 2.17 bits per heavy atom. The molecule has 4 nitrogen and oxygen atoms in total. The van der Waals surface area contributed by atoms with E-state index in [1.165, 1.54) is 0 Å². The molecule has 2 rings (SSSR count). The van der Waals surface area contributed by atoms with Crippen LogP contribution in [0.1, 0.15) is 0 Å². The van der Waals surface area contributed by atoms with Gasteiger partial charge in [0.25, 0.3) is 10.7 Å². The van der Waals surface area contributed by atoms with E-state index in [4.69, 9.17) is 4.42 Å². The SMILES string of the molecule is Brc1nnc(-c2ccccn2)o1. The summed E-state index contributed by atoms with van der Waals surface area (Å²) >= 11 is 3.06. The summed E-state index contributed by atoms with van der Waals surface area (Å²) in [7, 11) is 0. The number of aromatic nitrogens is 3. The molecule has 0 aliphatic carbocycles. The van der Waals surface area contributed by atoms with Crippen LogP contribution < -0.4 is 0 Å². The van der Waals surface area contributed by atoms with E-state index in [9.17, 15) is 0 Å². The van der Waals surface area contributed by atoms with E-state index < -0.39 is 0 Å². The Bertz CT molecular complexity index is 373. The molecule has 0 bridgehead atoms. The molecule has 0 N–H and O–H groups in total. The zero-order chi connectivity index (χ0) is 8.39. The Balaban J connectivity index is 2.45. The number of hydrogen-bond donors (Lipinski definition) is 0. The molecule has 0 radical (unpaired) electrons. The Kier molecular flexibility index (Phi) is 1.87. The van der Waals surface area contributed by atoms with Crippen molar-refractivity contribution in [1.82, 2.24) is 15.2 Å². The molecular weight excluding hydrogens is 222 g/mol. The third-order valence-electron chi connectivity index (χ3n) is 1.28. The van der Waals surface area contributed by atoms with Gasteiger partial charge in [0.1, 0.15) is 5.69 Å². The molecule has 0 fully saturated rings. The third-order valence-corrected chi connectivity index (χ3v) is 1.60. The van der Waals surface area contributed by atoms with E-state index in [1.807, 2.05) is 12.1 Å². The van der Waals surface area contributed by atoms with Crippen LogP contribution in [0.4, 0.5) is 0 Å². The van der Waals surface area contributed by atoms with Crippen molar-refractivity contribution in [3.8, 4) is 11.6 Å². The Hall–Kier alpha value is -1.23. The van der Waals surface area contributed by atoms with Crippen molar-refractivity contribution < 1.29 is 4.42 Å². The fourth-order valence-electron chi connectivity index (χ4n) is 0.798. The Morgan fingerprint density at radius 1 is 1.25 bits per heavy atom. The zero-order valence-corrected chi connectivity index (χ0v) is 7.52. The molecule has 5 heteroatoms. The first kappa shape index (κ1) is 7.42. The predicted octanol–water partition coefficient (Wildman–Crippen LogP) is 1.89. The molecule has 0 aliphatic rings. The van der Waals surface area contributed by atoms with Crippen molar-refractivity contribution in [2.75, 3.05) is 0 Å². The quantitative estimate of drug-likeness (QED) is 0.744. The van der Waals surface area contributed by atoms with Crippen LogP contribution in [-0.2, 0) is 0 Å². The monoisotopic (exact) mass is 225 g/mol. The van der Waals surface area contributed by atoms with Crippen LogP contribution in [0.15, 0.2) is 33.6 Å². The van der Waals surface area contributed by atoms with Crippen molar-refractivity contribution in [3.63, 3.8) is 0 Å². The lowest BCUT2D eigenvalue weighted by Crippen LogP contribution is -1.80. The van der Waals surface area contributed by atoms with Crippen molar-refractivity contribution in [3.05, 3.63) is 29.2 Å². The maximum atomic E-state index is 5.10. The summed E-state index contributed by atoms with van der Waals surface area (Å²) in [5, 5.41) is 7.41. The molecule has 60 valence electrons. The van der Waals surface area contributed by atoms with Crippen LogP contribution in [0.2, 0.25) is 0 Å². The van der Waals surface area contributed by atoms with Gasteiger partial charge >= 0.3 is 0 Å². The van der Waals surface area contributed by atoms with Gasteiger partial charge < -0.3 is 4.42 Å². The number of halogens is 1. The first-order valence-corrected chi connectivity index (χ1v) is 4.06. The van der Waals surface area contributed by atoms with Gasteiger partial charge in [-0.05, 0) is 12.1 Å². The summed E-state index contributed by atoms with van der Waals surface area (Å²) < 4.78 is 5.10. The topological polar surface area (TPSA) is 51.8 Å². The maximum absolute atomic E-state index is 5.10. The van der Waals surface area contributed by atoms with Crippen LogP contribution in [0.3, 0.4) is 0 Å². The van der Waals surface area contributed by atoms with Gasteiger partial charge in [-0.25, -0.2) is 0 Å². The second-order valence-electron chi connectivity index (χ2n) is 2.08. The van der Waals surface area contributed by atoms with Crippen molar-refractivity contribution in [2.24, 2.45) is 0 Å². The standard InChI is InChI=1S/C7H4BrN3O/c8-7-11-10-6(12-7)5-3-1-2-4-9-5/h1-4H. The van der Waals surface area contributed by atoms with Crippen LogP contribution in [-0.4, -0.2) is 15.2 Å². The predicted molar refractivity (Wildman–Crippen MR) is 45.2 cm³/mol. The minimum absolute atomic E-state index is 0.364. The second-order valence-corrected chi connectivity index (χ2v) is 2.75. The first-order chi connectivity index (χ1) is 5.86. The van der Waals surface area contributed by atoms with E-state index in [2.05, 4.69) is 31.1 Å². The average molecular weight is 226 g/mol. The zero-order valence-electron chi connectivity index (χ0n) is 5.94. The minimum Gasteiger partial charge on any atom is -0.409 e. The summed E-state index contributed by atoms with van der Waals surface area (Å²) in [5.74, 6) is 0.419. The van der Waals surface area contributed by atoms with Gasteiger partial charge in [-0.3, -0.25) is 4.98 Å². The average Bonchev–Trinajstić information content (AvgIpc) is 2.54. The van der Waals surface area contributed by atoms with Crippen molar-refractivity contribution in [2.45, 2.75) is 0 Å².